The molecule has 0 radical (unpaired) electrons. The summed E-state index contributed by atoms with van der Waals surface area (Å²) >= 11 is 0. The van der Waals surface area contributed by atoms with Gasteiger partial charge in [-0.15, -0.1) is 0 Å². The van der Waals surface area contributed by atoms with Crippen LogP contribution in [0.5, 0.6) is 0 Å². The molecule has 1 aliphatic heterocycles. The van der Waals surface area contributed by atoms with Crippen molar-refractivity contribution in [3.63, 3.8) is 0 Å². The number of likely N-dealkylation sites (tertiary alicyclic amines) is 1. The number of β-amino-alcohol motifs (C(OH)–C–C–N with tert-alkyl or cyclic N) is 1. The van der Waals surface area contributed by atoms with E-state index in [1.54, 1.807) is 4.90 Å². The first-order valence-electron chi connectivity index (χ1n) is 7.49. The van der Waals surface area contributed by atoms with Crippen molar-refractivity contribution in [2.45, 2.75) is 51.7 Å². The molecule has 1 aromatic rings. The van der Waals surface area contributed by atoms with Crippen molar-refractivity contribution < 1.29 is 14.6 Å². The van der Waals surface area contributed by atoms with E-state index in [1.165, 1.54) is 5.56 Å². The summed E-state index contributed by atoms with van der Waals surface area (Å²) in [7, 11) is 0. The smallest absolute Gasteiger partial charge is 0.410 e. The molecule has 0 atom stereocenters. The van der Waals surface area contributed by atoms with Crippen molar-refractivity contribution in [1.29, 1.82) is 0 Å². The number of carbonyl (C=O) groups excluding carboxylic acids is 1. The first-order chi connectivity index (χ1) is 9.71. The van der Waals surface area contributed by atoms with Gasteiger partial charge in [0, 0.05) is 6.42 Å². The third-order valence-corrected chi connectivity index (χ3v) is 3.59. The maximum absolute atomic E-state index is 11.9. The van der Waals surface area contributed by atoms with Crippen LogP contribution in [0.3, 0.4) is 0 Å². The molecule has 0 unspecified atom stereocenters. The van der Waals surface area contributed by atoms with E-state index in [-0.39, 0.29) is 6.09 Å². The van der Waals surface area contributed by atoms with Gasteiger partial charge < -0.3 is 14.7 Å². The Kier molecular flexibility index (Phi) is 4.28. The molecule has 1 saturated heterocycles. The average molecular weight is 291 g/mol. The monoisotopic (exact) mass is 291 g/mol. The Balaban J connectivity index is 1.87. The van der Waals surface area contributed by atoms with Crippen molar-refractivity contribution in [1.82, 2.24) is 4.90 Å². The van der Waals surface area contributed by atoms with E-state index in [4.69, 9.17) is 4.74 Å². The number of carbonyl (C=O) groups is 1. The second kappa shape index (κ2) is 5.68. The van der Waals surface area contributed by atoms with Crippen LogP contribution in [0.4, 0.5) is 4.79 Å². The van der Waals surface area contributed by atoms with Crippen LogP contribution in [0.2, 0.25) is 0 Å². The number of hydrogen-bond acceptors (Lipinski definition) is 3. The lowest BCUT2D eigenvalue weighted by molar-refractivity contribution is -0.0973. The summed E-state index contributed by atoms with van der Waals surface area (Å²) in [5.74, 6) is 0. The summed E-state index contributed by atoms with van der Waals surface area (Å²) in [6, 6.07) is 8.27. The molecule has 21 heavy (non-hydrogen) atoms. The van der Waals surface area contributed by atoms with Crippen molar-refractivity contribution in [2.75, 3.05) is 13.1 Å². The maximum Gasteiger partial charge on any atom is 0.410 e. The standard InChI is InChI=1S/C17H25NO3/c1-5-13-6-8-14(9-7-13)10-17(20)11-18(12-17)15(19)21-16(2,3)4/h6-9,20H,5,10-12H2,1-4H3. The number of amides is 1. The summed E-state index contributed by atoms with van der Waals surface area (Å²) in [6.45, 7) is 8.30. The Morgan fingerprint density at radius 2 is 1.76 bits per heavy atom. The van der Waals surface area contributed by atoms with E-state index in [2.05, 4.69) is 19.1 Å². The topological polar surface area (TPSA) is 49.8 Å². The molecule has 116 valence electrons. The van der Waals surface area contributed by atoms with E-state index in [9.17, 15) is 9.90 Å². The number of aliphatic hydroxyl groups is 1. The van der Waals surface area contributed by atoms with Crippen LogP contribution in [-0.2, 0) is 17.6 Å². The fraction of sp³-hybridized carbons (Fsp3) is 0.588. The lowest BCUT2D eigenvalue weighted by Gasteiger charge is -2.46. The number of rotatable bonds is 3. The molecule has 0 aliphatic carbocycles. The highest BCUT2D eigenvalue weighted by molar-refractivity contribution is 5.69. The second-order valence-corrected chi connectivity index (χ2v) is 6.91. The number of nitrogens with zero attached hydrogens (tertiary/aromatic N) is 1. The van der Waals surface area contributed by atoms with Crippen LogP contribution in [-0.4, -0.2) is 40.4 Å². The fourth-order valence-electron chi connectivity index (χ4n) is 2.50. The Hall–Kier alpha value is -1.55. The molecule has 1 fully saturated rings. The summed E-state index contributed by atoms with van der Waals surface area (Å²) in [6.07, 6.45) is 1.22. The third kappa shape index (κ3) is 4.21. The molecular weight excluding hydrogens is 266 g/mol. The summed E-state index contributed by atoms with van der Waals surface area (Å²) < 4.78 is 5.29. The Morgan fingerprint density at radius 1 is 1.24 bits per heavy atom. The zero-order chi connectivity index (χ0) is 15.7. The zero-order valence-corrected chi connectivity index (χ0v) is 13.3. The van der Waals surface area contributed by atoms with Crippen molar-refractivity contribution >= 4 is 6.09 Å². The second-order valence-electron chi connectivity index (χ2n) is 6.91. The van der Waals surface area contributed by atoms with Gasteiger partial charge in [-0.3, -0.25) is 0 Å². The minimum atomic E-state index is -0.829. The number of aryl methyl sites for hydroxylation is 1. The fourth-order valence-corrected chi connectivity index (χ4v) is 2.50. The molecule has 1 amide bonds. The molecule has 0 aromatic heterocycles. The van der Waals surface area contributed by atoms with Crippen LogP contribution in [0, 0.1) is 0 Å². The molecule has 0 saturated carbocycles. The largest absolute Gasteiger partial charge is 0.444 e. The Morgan fingerprint density at radius 3 is 2.24 bits per heavy atom. The lowest BCUT2D eigenvalue weighted by atomic mass is 9.87. The molecular formula is C17H25NO3. The molecule has 1 N–H and O–H groups in total. The summed E-state index contributed by atoms with van der Waals surface area (Å²) in [4.78, 5) is 13.4. The van der Waals surface area contributed by atoms with Gasteiger partial charge in [0.2, 0.25) is 0 Å². The maximum atomic E-state index is 11.9. The van der Waals surface area contributed by atoms with E-state index in [0.717, 1.165) is 12.0 Å². The van der Waals surface area contributed by atoms with Gasteiger partial charge in [0.25, 0.3) is 0 Å². The van der Waals surface area contributed by atoms with Crippen LogP contribution < -0.4 is 0 Å². The van der Waals surface area contributed by atoms with Gasteiger partial charge in [-0.1, -0.05) is 31.2 Å². The Labute approximate surface area is 126 Å². The first kappa shape index (κ1) is 15.8. The minimum Gasteiger partial charge on any atom is -0.444 e. The zero-order valence-electron chi connectivity index (χ0n) is 13.3. The summed E-state index contributed by atoms with van der Waals surface area (Å²) in [5, 5.41) is 10.5. The minimum absolute atomic E-state index is 0.331. The molecule has 4 heteroatoms. The third-order valence-electron chi connectivity index (χ3n) is 3.59. The van der Waals surface area contributed by atoms with E-state index in [0.29, 0.717) is 19.5 Å². The number of hydrogen-bond donors (Lipinski definition) is 1. The van der Waals surface area contributed by atoms with Crippen molar-refractivity contribution in [3.8, 4) is 0 Å². The summed E-state index contributed by atoms with van der Waals surface area (Å²) in [5.41, 5.74) is 1.05. The van der Waals surface area contributed by atoms with Gasteiger partial charge in [0.1, 0.15) is 11.2 Å². The lowest BCUT2D eigenvalue weighted by Crippen LogP contribution is -2.65. The highest BCUT2D eigenvalue weighted by Gasteiger charge is 2.45. The molecule has 1 aromatic carbocycles. The van der Waals surface area contributed by atoms with Gasteiger partial charge in [0.15, 0.2) is 0 Å². The van der Waals surface area contributed by atoms with Gasteiger partial charge in [0.05, 0.1) is 13.1 Å². The van der Waals surface area contributed by atoms with Gasteiger partial charge in [-0.2, -0.15) is 0 Å². The number of ether oxygens (including phenoxy) is 1. The molecule has 2 rings (SSSR count). The molecule has 1 aliphatic rings. The van der Waals surface area contributed by atoms with Crippen LogP contribution in [0.1, 0.15) is 38.8 Å². The van der Waals surface area contributed by atoms with Gasteiger partial charge >= 0.3 is 6.09 Å². The van der Waals surface area contributed by atoms with Gasteiger partial charge in [-0.05, 0) is 38.3 Å². The van der Waals surface area contributed by atoms with Crippen LogP contribution in [0.15, 0.2) is 24.3 Å². The normalized spacial score (nSPS) is 17.3. The Bertz CT molecular complexity index is 496. The highest BCUT2D eigenvalue weighted by atomic mass is 16.6. The molecule has 4 nitrogen and oxygen atoms in total. The molecule has 1 heterocycles. The van der Waals surface area contributed by atoms with Crippen molar-refractivity contribution in [2.24, 2.45) is 0 Å². The van der Waals surface area contributed by atoms with Crippen LogP contribution >= 0.6 is 0 Å². The predicted molar refractivity (Wildman–Crippen MR) is 82.3 cm³/mol. The van der Waals surface area contributed by atoms with Crippen LogP contribution in [0.25, 0.3) is 0 Å². The SMILES string of the molecule is CCc1ccc(CC2(O)CN(C(=O)OC(C)(C)C)C2)cc1. The van der Waals surface area contributed by atoms with E-state index < -0.39 is 11.2 Å². The predicted octanol–water partition coefficient (Wildman–Crippen LogP) is 2.77. The highest BCUT2D eigenvalue weighted by Crippen LogP contribution is 2.27. The molecule has 0 bridgehead atoms. The first-order valence-corrected chi connectivity index (χ1v) is 7.49. The van der Waals surface area contributed by atoms with Gasteiger partial charge in [-0.25, -0.2) is 4.79 Å². The molecule has 0 spiro atoms. The number of benzene rings is 1. The van der Waals surface area contributed by atoms with E-state index >= 15 is 0 Å². The quantitative estimate of drug-likeness (QED) is 0.931. The van der Waals surface area contributed by atoms with Crippen molar-refractivity contribution in [3.05, 3.63) is 35.4 Å². The van der Waals surface area contributed by atoms with E-state index in [1.807, 2.05) is 32.9 Å². The average Bonchev–Trinajstić information content (AvgIpc) is 2.34.